The number of hydrogen-bond donors (Lipinski definition) is 5. The molecule has 0 aliphatic carbocycles. The molecule has 0 bridgehead atoms. The third-order valence-corrected chi connectivity index (χ3v) is 9.72. The number of aryl methyl sites for hydroxylation is 1. The number of oxime groups is 1. The van der Waals surface area contributed by atoms with Gasteiger partial charge in [-0.15, -0.1) is 16.0 Å². The summed E-state index contributed by atoms with van der Waals surface area (Å²) in [5, 5.41) is 18.1. The van der Waals surface area contributed by atoms with Gasteiger partial charge in [-0.2, -0.15) is 14.0 Å². The van der Waals surface area contributed by atoms with Crippen molar-refractivity contribution in [1.29, 1.82) is 0 Å². The molecular formula is C38H55N12O10S2+. The van der Waals surface area contributed by atoms with Crippen molar-refractivity contribution in [2.45, 2.75) is 123 Å². The van der Waals surface area contributed by atoms with Crippen LogP contribution in [0.25, 0.3) is 10.6 Å². The predicted molar refractivity (Wildman–Crippen MR) is 227 cm³/mol. The number of rotatable bonds is 16. The molecule has 4 rings (SSSR count). The molecule has 22 nitrogen and oxygen atoms in total. The van der Waals surface area contributed by atoms with Crippen molar-refractivity contribution in [3.8, 4) is 10.6 Å². The monoisotopic (exact) mass is 903 g/mol. The Hall–Kier alpha value is -6.04. The number of nitrogens with one attached hydrogen (secondary N) is 5. The van der Waals surface area contributed by atoms with Crippen molar-refractivity contribution in [2.75, 3.05) is 13.1 Å². The van der Waals surface area contributed by atoms with E-state index in [4.69, 9.17) is 19.0 Å². The highest BCUT2D eigenvalue weighted by atomic mass is 32.1. The topological polar surface area (TPSA) is 272 Å². The molecule has 0 radical (unpaired) electrons. The van der Waals surface area contributed by atoms with E-state index in [0.717, 1.165) is 22.9 Å². The molecule has 3 aromatic heterocycles. The average molecular weight is 904 g/mol. The van der Waals surface area contributed by atoms with Crippen LogP contribution in [-0.4, -0.2) is 121 Å². The molecule has 0 saturated carbocycles. The Morgan fingerprint density at radius 3 is 2.21 bits per heavy atom. The first kappa shape index (κ1) is 48.6. The first-order chi connectivity index (χ1) is 28.6. The number of carbonyl (C=O) groups is 6. The summed E-state index contributed by atoms with van der Waals surface area (Å²) < 4.78 is 23.8. The molecule has 1 fully saturated rings. The fourth-order valence-corrected chi connectivity index (χ4v) is 6.47. The summed E-state index contributed by atoms with van der Waals surface area (Å²) in [6.45, 7) is 21.9. The van der Waals surface area contributed by atoms with Gasteiger partial charge in [0.05, 0.1) is 36.6 Å². The highest BCUT2D eigenvalue weighted by Gasteiger charge is 2.42. The van der Waals surface area contributed by atoms with Crippen LogP contribution in [0.15, 0.2) is 28.7 Å². The molecule has 0 spiro atoms. The van der Waals surface area contributed by atoms with E-state index in [9.17, 15) is 28.8 Å². The van der Waals surface area contributed by atoms with E-state index in [2.05, 4.69) is 57.8 Å². The molecule has 4 heterocycles. The molecule has 62 heavy (non-hydrogen) atoms. The molecular weight excluding hydrogens is 849 g/mol. The van der Waals surface area contributed by atoms with Crippen LogP contribution < -0.4 is 31.3 Å². The maximum Gasteiger partial charge on any atom is 0.407 e. The smallest absolute Gasteiger partial charge is 0.407 e. The Kier molecular flexibility index (Phi) is 15.2. The molecule has 1 saturated heterocycles. The van der Waals surface area contributed by atoms with Gasteiger partial charge < -0.3 is 45.6 Å². The van der Waals surface area contributed by atoms with Gasteiger partial charge in [-0.25, -0.2) is 24.4 Å². The Labute approximate surface area is 366 Å². The summed E-state index contributed by atoms with van der Waals surface area (Å²) in [6.07, 6.45) is 3.69. The van der Waals surface area contributed by atoms with Gasteiger partial charge >= 0.3 is 18.2 Å². The number of β-lactam (4-membered cyclic amide) rings is 1. The number of aromatic nitrogens is 5. The largest absolute Gasteiger partial charge is 0.457 e. The third-order valence-electron chi connectivity index (χ3n) is 8.03. The SMILES string of the molecule is C=Nc1nc(/C(=N/OC(C)(C)C(=O)OC(C)(C)C)C(=O)N[C@@H]2C(=O)N[C@@H]2CNC(=O)c2cnc(-c3cn(CC(CNC(=O)OC(C)(C)C)NC(=O)OC(C)(C)C)[n+](C)c3)s2)ns1. The summed E-state index contributed by atoms with van der Waals surface area (Å²) in [7, 11) is 1.79. The molecule has 5 N–H and O–H groups in total. The van der Waals surface area contributed by atoms with Gasteiger partial charge in [-0.05, 0) is 82.9 Å². The standard InChI is InChI=1S/C38H54N12O10S2/c1-35(2,3)57-31(54)38(10,11)60-47-25(26-46-32(39-12)62-48-26)29(53)45-24-22(44-28(24)52)15-40-27(51)23-16-41-30(61-23)20-17-49(13)50(18-20)19-21(43-34(56)59-37(7,8)9)14-42-33(55)58-36(4,5)6/h16-18,21-22,24H,12,14-15,19H2,1-11,13H3,(H4-,40,42,43,44,45,51,52,53,55,56)/p+1/b47-25-/t21?,22-,24+/m1/s1. The van der Waals surface area contributed by atoms with E-state index in [1.54, 1.807) is 91.1 Å². The Morgan fingerprint density at radius 1 is 0.968 bits per heavy atom. The van der Waals surface area contributed by atoms with Crippen molar-refractivity contribution < 1.29 is 52.5 Å². The van der Waals surface area contributed by atoms with Gasteiger partial charge in [0.15, 0.2) is 7.05 Å². The first-order valence-corrected chi connectivity index (χ1v) is 20.9. The summed E-state index contributed by atoms with van der Waals surface area (Å²) >= 11 is 1.96. The second-order valence-corrected chi connectivity index (χ2v) is 19.3. The molecule has 24 heteroatoms. The fraction of sp³-hybridized carbons (Fsp3) is 0.579. The lowest BCUT2D eigenvalue weighted by Crippen LogP contribution is -2.72. The lowest BCUT2D eigenvalue weighted by molar-refractivity contribution is -0.753. The maximum absolute atomic E-state index is 13.6. The zero-order valence-electron chi connectivity index (χ0n) is 36.8. The highest BCUT2D eigenvalue weighted by molar-refractivity contribution is 7.16. The second-order valence-electron chi connectivity index (χ2n) is 17.5. The molecule has 1 unspecified atom stereocenters. The number of nitrogens with zero attached hydrogens (tertiary/aromatic N) is 7. The Morgan fingerprint density at radius 2 is 1.61 bits per heavy atom. The zero-order valence-corrected chi connectivity index (χ0v) is 38.5. The van der Waals surface area contributed by atoms with Crippen LogP contribution in [0.4, 0.5) is 14.7 Å². The van der Waals surface area contributed by atoms with Gasteiger partial charge in [0.1, 0.15) is 32.7 Å². The molecule has 338 valence electrons. The number of carbonyl (C=O) groups excluding carboxylic acids is 6. The van der Waals surface area contributed by atoms with E-state index in [-0.39, 0.29) is 35.5 Å². The van der Waals surface area contributed by atoms with Crippen LogP contribution in [0, 0.1) is 0 Å². The minimum atomic E-state index is -1.63. The zero-order chi connectivity index (χ0) is 46.4. The summed E-state index contributed by atoms with van der Waals surface area (Å²) in [5.74, 6) is -2.82. The van der Waals surface area contributed by atoms with Crippen LogP contribution in [0.5, 0.6) is 0 Å². The van der Waals surface area contributed by atoms with Crippen molar-refractivity contribution >= 4 is 76.3 Å². The highest BCUT2D eigenvalue weighted by Crippen LogP contribution is 2.25. The Bertz CT molecular complexity index is 2190. The van der Waals surface area contributed by atoms with Crippen LogP contribution in [-0.2, 0) is 47.0 Å². The number of ether oxygens (including phenoxy) is 3. The quantitative estimate of drug-likeness (QED) is 0.0345. The lowest BCUT2D eigenvalue weighted by Gasteiger charge is -2.37. The normalized spacial score (nSPS) is 16.2. The number of alkyl carbamates (subject to hydrolysis) is 2. The average Bonchev–Trinajstić information content (AvgIpc) is 3.90. The van der Waals surface area contributed by atoms with E-state index < -0.39 is 82.1 Å². The van der Waals surface area contributed by atoms with Crippen molar-refractivity contribution in [3.05, 3.63) is 29.3 Å². The van der Waals surface area contributed by atoms with E-state index in [1.807, 2.05) is 0 Å². The molecule has 1 aliphatic rings. The van der Waals surface area contributed by atoms with Gasteiger partial charge in [0.25, 0.3) is 11.8 Å². The second kappa shape index (κ2) is 19.3. The van der Waals surface area contributed by atoms with Crippen LogP contribution in [0.2, 0.25) is 0 Å². The minimum Gasteiger partial charge on any atom is -0.457 e. The third kappa shape index (κ3) is 14.3. The van der Waals surface area contributed by atoms with Crippen molar-refractivity contribution in [3.63, 3.8) is 0 Å². The van der Waals surface area contributed by atoms with E-state index >= 15 is 0 Å². The van der Waals surface area contributed by atoms with E-state index in [1.165, 1.54) is 20.0 Å². The molecule has 3 aromatic rings. The molecule has 5 amide bonds. The van der Waals surface area contributed by atoms with E-state index in [0.29, 0.717) is 10.6 Å². The van der Waals surface area contributed by atoms with Crippen LogP contribution in [0.1, 0.15) is 91.7 Å². The number of esters is 1. The summed E-state index contributed by atoms with van der Waals surface area (Å²) in [6, 6.07) is -2.42. The fourth-order valence-electron chi connectivity index (χ4n) is 5.18. The molecule has 1 aliphatic heterocycles. The summed E-state index contributed by atoms with van der Waals surface area (Å²) in [5.41, 5.74) is -3.68. The predicted octanol–water partition coefficient (Wildman–Crippen LogP) is 2.29. The van der Waals surface area contributed by atoms with Crippen molar-refractivity contribution in [1.82, 2.24) is 45.6 Å². The maximum atomic E-state index is 13.6. The number of thiazole rings is 1. The van der Waals surface area contributed by atoms with Gasteiger partial charge in [-0.1, -0.05) is 5.16 Å². The molecule has 0 aromatic carbocycles. The number of aliphatic imine (C=N–C) groups is 1. The van der Waals surface area contributed by atoms with Gasteiger partial charge in [0, 0.05) is 24.6 Å². The number of hydrogen-bond acceptors (Lipinski definition) is 17. The van der Waals surface area contributed by atoms with Crippen molar-refractivity contribution in [2.24, 2.45) is 17.2 Å². The Balaban J connectivity index is 1.41. The first-order valence-electron chi connectivity index (χ1n) is 19.3. The van der Waals surface area contributed by atoms with Gasteiger partial charge in [0.2, 0.25) is 34.4 Å². The minimum absolute atomic E-state index is 0.0316. The number of amides is 5. The molecule has 3 atom stereocenters. The lowest BCUT2D eigenvalue weighted by atomic mass is 9.98. The van der Waals surface area contributed by atoms with Crippen LogP contribution in [0.3, 0.4) is 0 Å². The summed E-state index contributed by atoms with van der Waals surface area (Å²) in [4.78, 5) is 95.3. The van der Waals surface area contributed by atoms with Gasteiger partial charge in [-0.3, -0.25) is 14.4 Å². The van der Waals surface area contributed by atoms with Crippen LogP contribution >= 0.6 is 22.9 Å².